The zero-order valence-electron chi connectivity index (χ0n) is 12.0. The minimum absolute atomic E-state index is 0.254. The number of hydrogen-bond acceptors (Lipinski definition) is 3. The summed E-state index contributed by atoms with van der Waals surface area (Å²) in [6.07, 6.45) is 1.48. The highest BCUT2D eigenvalue weighted by molar-refractivity contribution is 9.10. The number of rotatable bonds is 3. The smallest absolute Gasteiger partial charge is 0.138 e. The molecule has 0 unspecified atom stereocenters. The van der Waals surface area contributed by atoms with Crippen molar-refractivity contribution in [3.8, 4) is 0 Å². The number of aromatic nitrogens is 2. The fraction of sp³-hybridized carbons (Fsp3) is 0.333. The zero-order valence-corrected chi connectivity index (χ0v) is 14.3. The third-order valence-corrected chi connectivity index (χ3v) is 4.66. The maximum absolute atomic E-state index is 6.18. The van der Waals surface area contributed by atoms with Gasteiger partial charge in [-0.25, -0.2) is 9.97 Å². The van der Waals surface area contributed by atoms with Crippen molar-refractivity contribution in [1.82, 2.24) is 9.97 Å². The maximum atomic E-state index is 6.18. The van der Waals surface area contributed by atoms with E-state index in [4.69, 9.17) is 11.6 Å². The van der Waals surface area contributed by atoms with Crippen molar-refractivity contribution in [2.45, 2.75) is 33.6 Å². The lowest BCUT2D eigenvalue weighted by Crippen LogP contribution is -2.03. The molecule has 0 amide bonds. The zero-order chi connectivity index (χ0) is 14.9. The van der Waals surface area contributed by atoms with Gasteiger partial charge >= 0.3 is 0 Å². The van der Waals surface area contributed by atoms with Gasteiger partial charge in [0.1, 0.15) is 17.3 Å². The van der Waals surface area contributed by atoms with E-state index in [1.165, 1.54) is 17.5 Å². The molecule has 0 radical (unpaired) electrons. The van der Waals surface area contributed by atoms with Gasteiger partial charge in [0, 0.05) is 15.7 Å². The molecule has 0 spiro atoms. The quantitative estimate of drug-likeness (QED) is 0.752. The Morgan fingerprint density at radius 1 is 1.15 bits per heavy atom. The van der Waals surface area contributed by atoms with Crippen molar-refractivity contribution >= 4 is 39.0 Å². The molecule has 3 nitrogen and oxygen atoms in total. The number of hydrogen-bond donors (Lipinski definition) is 1. The van der Waals surface area contributed by atoms with Crippen LogP contribution in [-0.4, -0.2) is 9.97 Å². The number of anilines is 2. The lowest BCUT2D eigenvalue weighted by atomic mass is 10.1. The summed E-state index contributed by atoms with van der Waals surface area (Å²) in [7, 11) is 0. The predicted octanol–water partition coefficient (Wildman–Crippen LogP) is 5.38. The topological polar surface area (TPSA) is 37.8 Å². The van der Waals surface area contributed by atoms with Gasteiger partial charge in [-0.1, -0.05) is 41.4 Å². The molecule has 2 aromatic rings. The molecule has 0 bridgehead atoms. The number of benzene rings is 1. The highest BCUT2D eigenvalue weighted by atomic mass is 79.9. The van der Waals surface area contributed by atoms with Gasteiger partial charge in [-0.2, -0.15) is 0 Å². The van der Waals surface area contributed by atoms with E-state index >= 15 is 0 Å². The molecular weight excluding hydrogens is 338 g/mol. The van der Waals surface area contributed by atoms with Crippen LogP contribution in [0.1, 0.15) is 36.5 Å². The molecule has 0 saturated carbocycles. The second-order valence-electron chi connectivity index (χ2n) is 5.13. The predicted molar refractivity (Wildman–Crippen MR) is 88.0 cm³/mol. The summed E-state index contributed by atoms with van der Waals surface area (Å²) >= 11 is 9.75. The van der Waals surface area contributed by atoms with Crippen LogP contribution in [0.5, 0.6) is 0 Å². The Morgan fingerprint density at radius 3 is 2.30 bits per heavy atom. The molecule has 1 N–H and O–H groups in total. The van der Waals surface area contributed by atoms with Gasteiger partial charge < -0.3 is 5.32 Å². The Morgan fingerprint density at radius 2 is 1.75 bits per heavy atom. The molecule has 0 aliphatic heterocycles. The minimum Gasteiger partial charge on any atom is -0.340 e. The summed E-state index contributed by atoms with van der Waals surface area (Å²) in [6, 6.07) is 4.16. The van der Waals surface area contributed by atoms with Crippen LogP contribution in [0.2, 0.25) is 5.15 Å². The summed E-state index contributed by atoms with van der Waals surface area (Å²) in [5, 5.41) is 3.85. The third kappa shape index (κ3) is 3.13. The first kappa shape index (κ1) is 15.3. The summed E-state index contributed by atoms with van der Waals surface area (Å²) in [4.78, 5) is 8.38. The summed E-state index contributed by atoms with van der Waals surface area (Å²) in [5.74, 6) is 1.02. The van der Waals surface area contributed by atoms with Crippen molar-refractivity contribution < 1.29 is 0 Å². The van der Waals surface area contributed by atoms with Crippen molar-refractivity contribution in [1.29, 1.82) is 0 Å². The summed E-state index contributed by atoms with van der Waals surface area (Å²) in [6.45, 7) is 8.29. The second-order valence-corrected chi connectivity index (χ2v) is 6.28. The Hall–Kier alpha value is -1.13. The highest BCUT2D eigenvalue weighted by Crippen LogP contribution is 2.32. The number of nitrogens with one attached hydrogen (secondary N) is 1. The van der Waals surface area contributed by atoms with Crippen molar-refractivity contribution in [2.75, 3.05) is 5.32 Å². The Balaban J connectivity index is 2.43. The number of aryl methyl sites for hydroxylation is 2. The van der Waals surface area contributed by atoms with Gasteiger partial charge in [-0.05, 0) is 43.0 Å². The number of halogens is 2. The SMILES string of the molecule is Cc1cc(Nc2ncnc(Cl)c2C(C)C)cc(C)c1Br. The number of nitrogens with zero attached hydrogens (tertiary/aromatic N) is 2. The molecule has 1 heterocycles. The van der Waals surface area contributed by atoms with E-state index in [0.717, 1.165) is 21.5 Å². The van der Waals surface area contributed by atoms with Crippen molar-refractivity contribution in [3.63, 3.8) is 0 Å². The van der Waals surface area contributed by atoms with E-state index in [0.29, 0.717) is 5.15 Å². The van der Waals surface area contributed by atoms with Gasteiger partial charge in [-0.15, -0.1) is 0 Å². The molecular formula is C15H17BrClN3. The monoisotopic (exact) mass is 353 g/mol. The fourth-order valence-electron chi connectivity index (χ4n) is 2.14. The Kier molecular flexibility index (Phi) is 4.66. The molecule has 0 atom stereocenters. The average Bonchev–Trinajstić information content (AvgIpc) is 2.35. The summed E-state index contributed by atoms with van der Waals surface area (Å²) < 4.78 is 1.13. The van der Waals surface area contributed by atoms with Crippen LogP contribution in [0.15, 0.2) is 22.9 Å². The van der Waals surface area contributed by atoms with Crippen LogP contribution in [0.4, 0.5) is 11.5 Å². The fourth-order valence-corrected chi connectivity index (χ4v) is 2.72. The molecule has 1 aromatic carbocycles. The lowest BCUT2D eigenvalue weighted by Gasteiger charge is -2.15. The molecule has 5 heteroatoms. The Labute approximate surface area is 132 Å². The van der Waals surface area contributed by atoms with E-state index in [1.807, 2.05) is 0 Å². The van der Waals surface area contributed by atoms with Gasteiger partial charge in [0.05, 0.1) is 0 Å². The lowest BCUT2D eigenvalue weighted by molar-refractivity contribution is 0.850. The third-order valence-electron chi connectivity index (χ3n) is 3.11. The van der Waals surface area contributed by atoms with Gasteiger partial charge in [-0.3, -0.25) is 0 Å². The standard InChI is InChI=1S/C15H17BrClN3/c1-8(2)12-14(17)18-7-19-15(12)20-11-5-9(3)13(16)10(4)6-11/h5-8H,1-4H3,(H,18,19,20). The van der Waals surface area contributed by atoms with Crippen LogP contribution in [0.3, 0.4) is 0 Å². The maximum Gasteiger partial charge on any atom is 0.138 e. The van der Waals surface area contributed by atoms with Gasteiger partial charge in [0.15, 0.2) is 0 Å². The van der Waals surface area contributed by atoms with Crippen LogP contribution in [-0.2, 0) is 0 Å². The molecule has 106 valence electrons. The molecule has 20 heavy (non-hydrogen) atoms. The van der Waals surface area contributed by atoms with Gasteiger partial charge in [0.25, 0.3) is 0 Å². The molecule has 0 saturated heterocycles. The molecule has 2 rings (SSSR count). The first-order valence-electron chi connectivity index (χ1n) is 6.44. The minimum atomic E-state index is 0.254. The first-order valence-corrected chi connectivity index (χ1v) is 7.61. The van der Waals surface area contributed by atoms with Crippen LogP contribution in [0.25, 0.3) is 0 Å². The average molecular weight is 355 g/mol. The molecule has 0 fully saturated rings. The summed E-state index contributed by atoms with van der Waals surface area (Å²) in [5.41, 5.74) is 4.30. The van der Waals surface area contributed by atoms with E-state index in [2.05, 4.69) is 71.0 Å². The molecule has 0 aliphatic rings. The van der Waals surface area contributed by atoms with E-state index in [1.54, 1.807) is 0 Å². The van der Waals surface area contributed by atoms with Crippen LogP contribution >= 0.6 is 27.5 Å². The van der Waals surface area contributed by atoms with E-state index in [-0.39, 0.29) is 5.92 Å². The van der Waals surface area contributed by atoms with Crippen molar-refractivity contribution in [3.05, 3.63) is 44.8 Å². The van der Waals surface area contributed by atoms with E-state index < -0.39 is 0 Å². The normalized spacial score (nSPS) is 10.9. The Bertz CT molecular complexity index is 618. The van der Waals surface area contributed by atoms with E-state index in [9.17, 15) is 0 Å². The molecule has 1 aromatic heterocycles. The van der Waals surface area contributed by atoms with Crippen LogP contribution in [0, 0.1) is 13.8 Å². The first-order chi connectivity index (χ1) is 9.40. The van der Waals surface area contributed by atoms with Gasteiger partial charge in [0.2, 0.25) is 0 Å². The van der Waals surface area contributed by atoms with Crippen LogP contribution < -0.4 is 5.32 Å². The molecule has 0 aliphatic carbocycles. The van der Waals surface area contributed by atoms with Crippen molar-refractivity contribution in [2.24, 2.45) is 0 Å². The largest absolute Gasteiger partial charge is 0.340 e. The highest BCUT2D eigenvalue weighted by Gasteiger charge is 2.14. The second kappa shape index (κ2) is 6.10.